The number of nitrogens with zero attached hydrogens (tertiary/aromatic N) is 1. The molecule has 84 valence electrons. The molecule has 0 heterocycles. The highest BCUT2D eigenvalue weighted by molar-refractivity contribution is 5.76. The maximum Gasteiger partial charge on any atom is 0.0905 e. The Hall–Kier alpha value is -0.570. The fourth-order valence-electron chi connectivity index (χ4n) is 1.45. The fraction of sp³-hybridized carbons (Fsp3) is 0.909. The highest BCUT2D eigenvalue weighted by Gasteiger charge is 2.03. The highest BCUT2D eigenvalue weighted by atomic mass is 15.1. The van der Waals surface area contributed by atoms with E-state index in [0.717, 1.165) is 31.7 Å². The molecule has 0 rings (SSSR count). The molecule has 0 saturated carbocycles. The number of nitrogens with one attached hydrogen (secondary N) is 1. The van der Waals surface area contributed by atoms with Crippen molar-refractivity contribution in [2.45, 2.75) is 39.5 Å². The average molecular weight is 199 g/mol. The molecular formula is C11H25N3. The summed E-state index contributed by atoms with van der Waals surface area (Å²) in [7, 11) is 2.17. The second kappa shape index (κ2) is 7.80. The summed E-state index contributed by atoms with van der Waals surface area (Å²) in [4.78, 5) is 2.37. The summed E-state index contributed by atoms with van der Waals surface area (Å²) < 4.78 is 0. The van der Waals surface area contributed by atoms with Crippen LogP contribution in [0.2, 0.25) is 0 Å². The van der Waals surface area contributed by atoms with E-state index in [-0.39, 0.29) is 0 Å². The van der Waals surface area contributed by atoms with Gasteiger partial charge in [-0.1, -0.05) is 20.3 Å². The van der Waals surface area contributed by atoms with Gasteiger partial charge in [0.05, 0.1) is 5.84 Å². The molecule has 0 saturated heterocycles. The Bertz CT molecular complexity index is 157. The van der Waals surface area contributed by atoms with E-state index in [1.807, 2.05) is 0 Å². The summed E-state index contributed by atoms with van der Waals surface area (Å²) in [5.74, 6) is 1.10. The number of nitrogens with two attached hydrogens (primary N) is 1. The van der Waals surface area contributed by atoms with Gasteiger partial charge in [-0.15, -0.1) is 0 Å². The molecule has 1 unspecified atom stereocenters. The first-order valence-electron chi connectivity index (χ1n) is 5.57. The van der Waals surface area contributed by atoms with Crippen LogP contribution in [0.5, 0.6) is 0 Å². The summed E-state index contributed by atoms with van der Waals surface area (Å²) in [6.45, 7) is 6.81. The van der Waals surface area contributed by atoms with Crippen LogP contribution in [0.4, 0.5) is 0 Å². The molecule has 3 N–H and O–H groups in total. The van der Waals surface area contributed by atoms with Crippen molar-refractivity contribution in [1.29, 1.82) is 5.41 Å². The normalized spacial score (nSPS) is 13.1. The molecule has 3 heteroatoms. The molecular weight excluding hydrogens is 174 g/mol. The van der Waals surface area contributed by atoms with Crippen LogP contribution in [0.15, 0.2) is 0 Å². The number of amidine groups is 1. The van der Waals surface area contributed by atoms with Crippen molar-refractivity contribution in [2.24, 2.45) is 11.7 Å². The van der Waals surface area contributed by atoms with Crippen LogP contribution in [0.3, 0.4) is 0 Å². The van der Waals surface area contributed by atoms with Gasteiger partial charge in [-0.3, -0.25) is 5.41 Å². The summed E-state index contributed by atoms with van der Waals surface area (Å²) in [6.07, 6.45) is 4.18. The van der Waals surface area contributed by atoms with E-state index in [4.69, 9.17) is 11.1 Å². The van der Waals surface area contributed by atoms with E-state index in [0.29, 0.717) is 5.84 Å². The zero-order valence-electron chi connectivity index (χ0n) is 9.84. The van der Waals surface area contributed by atoms with Gasteiger partial charge in [0, 0.05) is 13.0 Å². The van der Waals surface area contributed by atoms with Gasteiger partial charge in [0.2, 0.25) is 0 Å². The molecule has 0 aromatic carbocycles. The third-order valence-electron chi connectivity index (χ3n) is 2.56. The lowest BCUT2D eigenvalue weighted by molar-refractivity contribution is 0.277. The van der Waals surface area contributed by atoms with Crippen LogP contribution in [0, 0.1) is 11.3 Å². The first-order chi connectivity index (χ1) is 6.56. The van der Waals surface area contributed by atoms with Crippen LogP contribution in [-0.2, 0) is 0 Å². The average Bonchev–Trinajstić information content (AvgIpc) is 2.12. The van der Waals surface area contributed by atoms with E-state index in [9.17, 15) is 0 Å². The van der Waals surface area contributed by atoms with Gasteiger partial charge in [-0.25, -0.2) is 0 Å². The highest BCUT2D eigenvalue weighted by Crippen LogP contribution is 2.04. The first kappa shape index (κ1) is 13.4. The van der Waals surface area contributed by atoms with E-state index < -0.39 is 0 Å². The quantitative estimate of drug-likeness (QED) is 0.357. The van der Waals surface area contributed by atoms with Crippen LogP contribution >= 0.6 is 0 Å². The van der Waals surface area contributed by atoms with Crippen LogP contribution < -0.4 is 5.73 Å². The molecule has 0 bridgehead atoms. The van der Waals surface area contributed by atoms with Crippen molar-refractivity contribution in [2.75, 3.05) is 20.1 Å². The minimum absolute atomic E-state index is 0.314. The van der Waals surface area contributed by atoms with Gasteiger partial charge in [0.25, 0.3) is 0 Å². The largest absolute Gasteiger partial charge is 0.388 e. The molecule has 0 amide bonds. The Morgan fingerprint density at radius 2 is 2.07 bits per heavy atom. The van der Waals surface area contributed by atoms with Crippen molar-refractivity contribution < 1.29 is 0 Å². The Labute approximate surface area is 88.2 Å². The second-order valence-corrected chi connectivity index (χ2v) is 4.26. The molecule has 0 aliphatic carbocycles. The summed E-state index contributed by atoms with van der Waals surface area (Å²) in [5, 5.41) is 7.09. The summed E-state index contributed by atoms with van der Waals surface area (Å²) in [5.41, 5.74) is 5.28. The predicted molar refractivity (Wildman–Crippen MR) is 62.7 cm³/mol. The Balaban J connectivity index is 3.35. The Morgan fingerprint density at radius 3 is 2.57 bits per heavy atom. The molecule has 0 aliphatic rings. The molecule has 0 radical (unpaired) electrons. The van der Waals surface area contributed by atoms with Crippen LogP contribution in [-0.4, -0.2) is 30.9 Å². The van der Waals surface area contributed by atoms with Crippen LogP contribution in [0.1, 0.15) is 39.5 Å². The minimum atomic E-state index is 0.314. The maximum absolute atomic E-state index is 7.09. The van der Waals surface area contributed by atoms with Crippen LogP contribution in [0.25, 0.3) is 0 Å². The molecule has 14 heavy (non-hydrogen) atoms. The van der Waals surface area contributed by atoms with Gasteiger partial charge < -0.3 is 10.6 Å². The third-order valence-corrected chi connectivity index (χ3v) is 2.56. The van der Waals surface area contributed by atoms with Crippen molar-refractivity contribution in [3.8, 4) is 0 Å². The van der Waals surface area contributed by atoms with Crippen molar-refractivity contribution in [1.82, 2.24) is 4.90 Å². The monoisotopic (exact) mass is 199 g/mol. The van der Waals surface area contributed by atoms with Crippen molar-refractivity contribution >= 4 is 5.84 Å². The molecule has 0 aromatic heterocycles. The fourth-order valence-corrected chi connectivity index (χ4v) is 1.45. The topological polar surface area (TPSA) is 53.1 Å². The Kier molecular flexibility index (Phi) is 7.48. The minimum Gasteiger partial charge on any atom is -0.388 e. The Morgan fingerprint density at radius 1 is 1.43 bits per heavy atom. The number of unbranched alkanes of at least 4 members (excludes halogenated alkanes) is 1. The number of hydrogen-bond donors (Lipinski definition) is 2. The zero-order chi connectivity index (χ0) is 11.0. The van der Waals surface area contributed by atoms with Crippen molar-refractivity contribution in [3.63, 3.8) is 0 Å². The van der Waals surface area contributed by atoms with E-state index >= 15 is 0 Å². The van der Waals surface area contributed by atoms with Gasteiger partial charge in [0.15, 0.2) is 0 Å². The maximum atomic E-state index is 7.09. The molecule has 0 aromatic rings. The predicted octanol–water partition coefficient (Wildman–Crippen LogP) is 2.07. The molecule has 0 aliphatic heterocycles. The SMILES string of the molecule is CCC(C)CN(C)CCCCC(=N)N. The molecule has 0 fully saturated rings. The van der Waals surface area contributed by atoms with Crippen molar-refractivity contribution in [3.05, 3.63) is 0 Å². The van der Waals surface area contributed by atoms with Gasteiger partial charge in [-0.05, 0) is 32.4 Å². The zero-order valence-corrected chi connectivity index (χ0v) is 9.84. The third kappa shape index (κ3) is 8.05. The lowest BCUT2D eigenvalue weighted by Gasteiger charge is -2.20. The van der Waals surface area contributed by atoms with Gasteiger partial charge >= 0.3 is 0 Å². The lowest BCUT2D eigenvalue weighted by atomic mass is 10.1. The smallest absolute Gasteiger partial charge is 0.0905 e. The van der Waals surface area contributed by atoms with E-state index in [1.165, 1.54) is 13.0 Å². The van der Waals surface area contributed by atoms with Gasteiger partial charge in [-0.2, -0.15) is 0 Å². The number of hydrogen-bond acceptors (Lipinski definition) is 2. The molecule has 3 nitrogen and oxygen atoms in total. The summed E-state index contributed by atoms with van der Waals surface area (Å²) in [6, 6.07) is 0. The standard InChI is InChI=1S/C11H25N3/c1-4-10(2)9-14(3)8-6-5-7-11(12)13/h10H,4-9H2,1-3H3,(H3,12,13). The molecule has 1 atom stereocenters. The van der Waals surface area contributed by atoms with Gasteiger partial charge in [0.1, 0.15) is 0 Å². The second-order valence-electron chi connectivity index (χ2n) is 4.26. The lowest BCUT2D eigenvalue weighted by Crippen LogP contribution is -2.25. The first-order valence-corrected chi connectivity index (χ1v) is 5.57. The van der Waals surface area contributed by atoms with E-state index in [1.54, 1.807) is 0 Å². The summed E-state index contributed by atoms with van der Waals surface area (Å²) >= 11 is 0. The molecule has 0 spiro atoms. The number of rotatable bonds is 8. The van der Waals surface area contributed by atoms with E-state index in [2.05, 4.69) is 25.8 Å².